The molecule has 2 aromatic carbocycles. The van der Waals surface area contributed by atoms with Gasteiger partial charge in [0.2, 0.25) is 5.95 Å². The monoisotopic (exact) mass is 363 g/mol. The average Bonchev–Trinajstić information content (AvgIpc) is 2.68. The number of nitrogens with zero attached hydrogens (tertiary/aromatic N) is 3. The Bertz CT molecular complexity index is 839. The average molecular weight is 363 g/mol. The van der Waals surface area contributed by atoms with Crippen LogP contribution < -0.4 is 15.4 Å². The molecule has 0 bridgehead atoms. The van der Waals surface area contributed by atoms with E-state index >= 15 is 0 Å². The third-order valence-electron chi connectivity index (χ3n) is 3.84. The van der Waals surface area contributed by atoms with E-state index in [4.69, 9.17) is 4.74 Å². The summed E-state index contributed by atoms with van der Waals surface area (Å²) in [5.41, 5.74) is 0.846. The van der Waals surface area contributed by atoms with Crippen molar-refractivity contribution < 1.29 is 4.74 Å². The number of nitrogens with one attached hydrogen (secondary N) is 2. The number of benzene rings is 2. The Hall–Kier alpha value is -3.12. The highest BCUT2D eigenvalue weighted by Gasteiger charge is 2.06. The summed E-state index contributed by atoms with van der Waals surface area (Å²) in [5.74, 6) is 2.85. The highest BCUT2D eigenvalue weighted by molar-refractivity contribution is 5.65. The van der Waals surface area contributed by atoms with Gasteiger partial charge in [-0.3, -0.25) is 0 Å². The van der Waals surface area contributed by atoms with Crippen molar-refractivity contribution in [2.75, 3.05) is 37.8 Å². The lowest BCUT2D eigenvalue weighted by Gasteiger charge is -2.13. The number of rotatable bonds is 9. The molecule has 1 aromatic heterocycles. The van der Waals surface area contributed by atoms with E-state index in [1.165, 1.54) is 0 Å². The maximum Gasteiger partial charge on any atom is 0.224 e. The van der Waals surface area contributed by atoms with E-state index in [0.29, 0.717) is 11.8 Å². The van der Waals surface area contributed by atoms with Crippen LogP contribution >= 0.6 is 0 Å². The van der Waals surface area contributed by atoms with Crippen LogP contribution in [0.1, 0.15) is 6.42 Å². The summed E-state index contributed by atoms with van der Waals surface area (Å²) in [5, 5.41) is 6.58. The van der Waals surface area contributed by atoms with Gasteiger partial charge in [-0.15, -0.1) is 0 Å². The van der Waals surface area contributed by atoms with Crippen molar-refractivity contribution in [3.8, 4) is 11.5 Å². The number of ether oxygens (including phenoxy) is 1. The zero-order valence-corrected chi connectivity index (χ0v) is 15.7. The van der Waals surface area contributed by atoms with Crippen LogP contribution in [0.2, 0.25) is 0 Å². The van der Waals surface area contributed by atoms with Gasteiger partial charge in [0.15, 0.2) is 5.75 Å². The molecule has 6 nitrogen and oxygen atoms in total. The summed E-state index contributed by atoms with van der Waals surface area (Å²) < 4.78 is 5.99. The first-order valence-electron chi connectivity index (χ1n) is 9.01. The van der Waals surface area contributed by atoms with Crippen LogP contribution in [0.25, 0.3) is 0 Å². The van der Waals surface area contributed by atoms with Gasteiger partial charge < -0.3 is 20.3 Å². The maximum atomic E-state index is 5.99. The molecule has 3 aromatic rings. The summed E-state index contributed by atoms with van der Waals surface area (Å²) >= 11 is 0. The van der Waals surface area contributed by atoms with Crippen molar-refractivity contribution in [2.24, 2.45) is 0 Å². The molecule has 0 aliphatic rings. The van der Waals surface area contributed by atoms with E-state index in [1.807, 2.05) is 60.7 Å². The summed E-state index contributed by atoms with van der Waals surface area (Å²) in [7, 11) is 4.13. The van der Waals surface area contributed by atoms with Crippen LogP contribution in [0, 0.1) is 0 Å². The van der Waals surface area contributed by atoms with Crippen molar-refractivity contribution in [1.29, 1.82) is 0 Å². The fourth-order valence-corrected chi connectivity index (χ4v) is 2.52. The highest BCUT2D eigenvalue weighted by Crippen LogP contribution is 2.31. The normalized spacial score (nSPS) is 10.6. The fraction of sp³-hybridized carbons (Fsp3) is 0.238. The third kappa shape index (κ3) is 5.97. The molecule has 0 amide bonds. The van der Waals surface area contributed by atoms with Gasteiger partial charge in [0.1, 0.15) is 11.6 Å². The molecule has 27 heavy (non-hydrogen) atoms. The second-order valence-electron chi connectivity index (χ2n) is 6.39. The number of anilines is 3. The molecule has 0 radical (unpaired) electrons. The Morgan fingerprint density at radius 3 is 2.56 bits per heavy atom. The van der Waals surface area contributed by atoms with Crippen LogP contribution in [0.5, 0.6) is 11.5 Å². The van der Waals surface area contributed by atoms with E-state index in [-0.39, 0.29) is 0 Å². The quantitative estimate of drug-likeness (QED) is 0.550. The Morgan fingerprint density at radius 2 is 1.74 bits per heavy atom. The van der Waals surface area contributed by atoms with Gasteiger partial charge in [0.25, 0.3) is 0 Å². The molecular weight excluding hydrogens is 338 g/mol. The standard InChI is InChI=1S/C21H25N5O/c1-26(2)16-8-14-22-21-23-15-13-20(25-21)24-18-11-6-7-12-19(18)27-17-9-4-3-5-10-17/h3-7,9-13,15H,8,14,16H2,1-2H3,(H2,22,23,24,25). The van der Waals surface area contributed by atoms with Gasteiger partial charge in [-0.2, -0.15) is 4.98 Å². The predicted molar refractivity (Wildman–Crippen MR) is 110 cm³/mol. The lowest BCUT2D eigenvalue weighted by Crippen LogP contribution is -2.17. The minimum absolute atomic E-state index is 0.611. The second-order valence-corrected chi connectivity index (χ2v) is 6.39. The Labute approximate surface area is 160 Å². The molecule has 0 aliphatic heterocycles. The highest BCUT2D eigenvalue weighted by atomic mass is 16.5. The first-order chi connectivity index (χ1) is 13.2. The van der Waals surface area contributed by atoms with Gasteiger partial charge in [0, 0.05) is 12.7 Å². The summed E-state index contributed by atoms with van der Waals surface area (Å²) in [6.45, 7) is 1.85. The van der Waals surface area contributed by atoms with E-state index in [1.54, 1.807) is 6.20 Å². The van der Waals surface area contributed by atoms with Gasteiger partial charge >= 0.3 is 0 Å². The van der Waals surface area contributed by atoms with Crippen LogP contribution in [0.15, 0.2) is 66.9 Å². The summed E-state index contributed by atoms with van der Waals surface area (Å²) in [4.78, 5) is 11.0. The molecule has 0 unspecified atom stereocenters. The zero-order chi connectivity index (χ0) is 18.9. The molecule has 140 valence electrons. The molecule has 2 N–H and O–H groups in total. The molecule has 1 heterocycles. The van der Waals surface area contributed by atoms with E-state index in [9.17, 15) is 0 Å². The van der Waals surface area contributed by atoms with Crippen molar-refractivity contribution in [3.63, 3.8) is 0 Å². The van der Waals surface area contributed by atoms with Crippen molar-refractivity contribution in [1.82, 2.24) is 14.9 Å². The topological polar surface area (TPSA) is 62.3 Å². The zero-order valence-electron chi connectivity index (χ0n) is 15.7. The number of aromatic nitrogens is 2. The molecule has 6 heteroatoms. The molecule has 0 aliphatic carbocycles. The minimum atomic E-state index is 0.611. The van der Waals surface area contributed by atoms with E-state index in [2.05, 4.69) is 39.6 Å². The summed E-state index contributed by atoms with van der Waals surface area (Å²) in [6.07, 6.45) is 2.77. The Balaban J connectivity index is 1.66. The minimum Gasteiger partial charge on any atom is -0.455 e. The Morgan fingerprint density at radius 1 is 0.963 bits per heavy atom. The van der Waals surface area contributed by atoms with Crippen molar-refractivity contribution in [3.05, 3.63) is 66.9 Å². The fourth-order valence-electron chi connectivity index (χ4n) is 2.52. The first kappa shape index (κ1) is 18.7. The summed E-state index contributed by atoms with van der Waals surface area (Å²) in [6, 6.07) is 19.3. The van der Waals surface area contributed by atoms with Crippen LogP contribution in [0.4, 0.5) is 17.5 Å². The van der Waals surface area contributed by atoms with E-state index < -0.39 is 0 Å². The maximum absolute atomic E-state index is 5.99. The van der Waals surface area contributed by atoms with Gasteiger partial charge in [0.05, 0.1) is 5.69 Å². The number of hydrogen-bond donors (Lipinski definition) is 2. The predicted octanol–water partition coefficient (Wildman–Crippen LogP) is 4.38. The number of para-hydroxylation sites is 3. The Kier molecular flexibility index (Phi) is 6.60. The van der Waals surface area contributed by atoms with Crippen LogP contribution in [-0.2, 0) is 0 Å². The molecule has 0 fully saturated rings. The lowest BCUT2D eigenvalue weighted by atomic mass is 10.3. The number of hydrogen-bond acceptors (Lipinski definition) is 6. The largest absolute Gasteiger partial charge is 0.455 e. The van der Waals surface area contributed by atoms with Crippen molar-refractivity contribution in [2.45, 2.75) is 6.42 Å². The molecule has 3 rings (SSSR count). The first-order valence-corrected chi connectivity index (χ1v) is 9.01. The van der Waals surface area contributed by atoms with Crippen LogP contribution in [-0.4, -0.2) is 42.1 Å². The van der Waals surface area contributed by atoms with E-state index in [0.717, 1.165) is 36.7 Å². The van der Waals surface area contributed by atoms with Crippen molar-refractivity contribution >= 4 is 17.5 Å². The lowest BCUT2D eigenvalue weighted by molar-refractivity contribution is 0.405. The smallest absolute Gasteiger partial charge is 0.224 e. The molecule has 0 saturated heterocycles. The van der Waals surface area contributed by atoms with Crippen LogP contribution in [0.3, 0.4) is 0 Å². The molecule has 0 atom stereocenters. The van der Waals surface area contributed by atoms with Gasteiger partial charge in [-0.05, 0) is 57.4 Å². The van der Waals surface area contributed by atoms with Gasteiger partial charge in [-0.1, -0.05) is 30.3 Å². The molecule has 0 saturated carbocycles. The van der Waals surface area contributed by atoms with Gasteiger partial charge in [-0.25, -0.2) is 4.98 Å². The molecule has 0 spiro atoms. The molecular formula is C21H25N5O. The third-order valence-corrected chi connectivity index (χ3v) is 3.84. The SMILES string of the molecule is CN(C)CCCNc1nccc(Nc2ccccc2Oc2ccccc2)n1. The second kappa shape index (κ2) is 9.54.